The molecular weight excluding hydrogens is 252 g/mol. The van der Waals surface area contributed by atoms with E-state index in [1.165, 1.54) is 0 Å². The van der Waals surface area contributed by atoms with Crippen molar-refractivity contribution in [2.45, 2.75) is 32.8 Å². The number of carbonyl (C=O) groups is 1. The minimum atomic E-state index is -0.487. The van der Waals surface area contributed by atoms with Crippen molar-refractivity contribution in [2.75, 3.05) is 5.43 Å². The lowest BCUT2D eigenvalue weighted by atomic mass is 10.0. The van der Waals surface area contributed by atoms with Crippen molar-refractivity contribution in [3.05, 3.63) is 47.8 Å². The minimum Gasteiger partial charge on any atom is -0.456 e. The Bertz CT molecular complexity index is 705. The third-order valence-electron chi connectivity index (χ3n) is 3.23. The fraction of sp³-hybridized carbons (Fsp3) is 0.312. The van der Waals surface area contributed by atoms with Gasteiger partial charge in [-0.2, -0.15) is 0 Å². The van der Waals surface area contributed by atoms with Gasteiger partial charge in [-0.3, -0.25) is 4.68 Å². The largest absolute Gasteiger partial charge is 0.456 e. The molecule has 0 amide bonds. The molecule has 0 spiro atoms. The van der Waals surface area contributed by atoms with Gasteiger partial charge in [0, 0.05) is 17.8 Å². The average molecular weight is 270 g/mol. The predicted octanol–water partition coefficient (Wildman–Crippen LogP) is 3.21. The van der Waals surface area contributed by atoms with Crippen molar-refractivity contribution in [2.24, 2.45) is 0 Å². The molecule has 0 atom stereocenters. The molecule has 1 aromatic heterocycles. The van der Waals surface area contributed by atoms with Crippen LogP contribution in [0.2, 0.25) is 0 Å². The van der Waals surface area contributed by atoms with Crippen molar-refractivity contribution in [3.8, 4) is 0 Å². The van der Waals surface area contributed by atoms with Crippen LogP contribution in [0, 0.1) is 0 Å². The number of esters is 1. The van der Waals surface area contributed by atoms with E-state index in [9.17, 15) is 4.79 Å². The van der Waals surface area contributed by atoms with Gasteiger partial charge >= 0.3 is 5.97 Å². The van der Waals surface area contributed by atoms with Gasteiger partial charge in [-0.05, 0) is 44.9 Å². The maximum Gasteiger partial charge on any atom is 0.339 e. The highest BCUT2D eigenvalue weighted by atomic mass is 16.6. The smallest absolute Gasteiger partial charge is 0.339 e. The van der Waals surface area contributed by atoms with Gasteiger partial charge in [0.2, 0.25) is 0 Å². The molecule has 1 N–H and O–H groups in total. The van der Waals surface area contributed by atoms with E-state index in [1.54, 1.807) is 0 Å². The summed E-state index contributed by atoms with van der Waals surface area (Å²) in [5.41, 5.74) is 5.36. The molecule has 0 fully saturated rings. The van der Waals surface area contributed by atoms with Crippen LogP contribution in [-0.4, -0.2) is 16.2 Å². The van der Waals surface area contributed by atoms with E-state index in [-0.39, 0.29) is 5.97 Å². The summed E-state index contributed by atoms with van der Waals surface area (Å²) < 4.78 is 7.44. The van der Waals surface area contributed by atoms with Crippen LogP contribution in [0.25, 0.3) is 10.9 Å². The Hall–Kier alpha value is -2.23. The van der Waals surface area contributed by atoms with E-state index in [4.69, 9.17) is 4.74 Å². The maximum absolute atomic E-state index is 12.4. The summed E-state index contributed by atoms with van der Waals surface area (Å²) in [6.45, 7) is 5.64. The monoisotopic (exact) mass is 270 g/mol. The number of ether oxygens (including phenoxy) is 1. The molecule has 20 heavy (non-hydrogen) atoms. The molecule has 4 heteroatoms. The van der Waals surface area contributed by atoms with Crippen LogP contribution in [0.3, 0.4) is 0 Å². The molecule has 0 saturated heterocycles. The number of allylic oxidation sites excluding steroid dienone is 1. The third-order valence-corrected chi connectivity index (χ3v) is 3.23. The molecule has 0 unspecified atom stereocenters. The lowest BCUT2D eigenvalue weighted by molar-refractivity contribution is 0.00687. The molecule has 0 saturated carbocycles. The lowest BCUT2D eigenvalue weighted by Crippen LogP contribution is -2.24. The van der Waals surface area contributed by atoms with E-state index < -0.39 is 5.60 Å². The summed E-state index contributed by atoms with van der Waals surface area (Å²) in [5.74, 6) is -0.266. The molecule has 0 aliphatic carbocycles. The Morgan fingerprint density at radius 2 is 2.10 bits per heavy atom. The van der Waals surface area contributed by atoms with Crippen molar-refractivity contribution >= 4 is 16.9 Å². The highest BCUT2D eigenvalue weighted by molar-refractivity contribution is 5.98. The van der Waals surface area contributed by atoms with Gasteiger partial charge in [0.1, 0.15) is 5.60 Å². The number of hydrogen-bond donors (Lipinski definition) is 1. The van der Waals surface area contributed by atoms with Crippen molar-refractivity contribution in [1.29, 1.82) is 0 Å². The topological polar surface area (TPSA) is 43.3 Å². The zero-order chi connectivity index (χ0) is 14.3. The van der Waals surface area contributed by atoms with Gasteiger partial charge in [-0.1, -0.05) is 12.1 Å². The quantitative estimate of drug-likeness (QED) is 0.809. The van der Waals surface area contributed by atoms with Gasteiger partial charge in [0.25, 0.3) is 0 Å². The number of carbonyl (C=O) groups excluding carboxylic acids is 1. The molecule has 2 heterocycles. The SMILES string of the molecule is CC(C)(C)OC(=O)c1ccc2ccn3c2c1CC=CN3. The second-order valence-corrected chi connectivity index (χ2v) is 5.95. The summed E-state index contributed by atoms with van der Waals surface area (Å²) in [4.78, 5) is 12.4. The Labute approximate surface area is 118 Å². The molecule has 4 nitrogen and oxygen atoms in total. The van der Waals surface area contributed by atoms with Crippen LogP contribution < -0.4 is 5.43 Å². The van der Waals surface area contributed by atoms with Gasteiger partial charge in [0.05, 0.1) is 11.1 Å². The van der Waals surface area contributed by atoms with E-state index >= 15 is 0 Å². The first kappa shape index (κ1) is 12.8. The van der Waals surface area contributed by atoms with Crippen LogP contribution in [-0.2, 0) is 11.2 Å². The second kappa shape index (κ2) is 4.40. The molecule has 2 aromatic rings. The Balaban J connectivity index is 2.13. The number of aromatic nitrogens is 1. The van der Waals surface area contributed by atoms with Crippen molar-refractivity contribution in [1.82, 2.24) is 4.68 Å². The summed E-state index contributed by atoms with van der Waals surface area (Å²) in [7, 11) is 0. The number of hydrogen-bond acceptors (Lipinski definition) is 3. The summed E-state index contributed by atoms with van der Waals surface area (Å²) >= 11 is 0. The second-order valence-electron chi connectivity index (χ2n) is 5.95. The van der Waals surface area contributed by atoms with Gasteiger partial charge < -0.3 is 10.2 Å². The van der Waals surface area contributed by atoms with Crippen LogP contribution >= 0.6 is 0 Å². The average Bonchev–Trinajstić information content (AvgIpc) is 2.63. The maximum atomic E-state index is 12.4. The fourth-order valence-electron chi connectivity index (χ4n) is 2.45. The predicted molar refractivity (Wildman–Crippen MR) is 79.3 cm³/mol. The van der Waals surface area contributed by atoms with E-state index in [2.05, 4.69) is 5.43 Å². The third kappa shape index (κ3) is 2.18. The van der Waals surface area contributed by atoms with Crippen LogP contribution in [0.4, 0.5) is 0 Å². The van der Waals surface area contributed by atoms with E-state index in [0.717, 1.165) is 16.5 Å². The zero-order valence-electron chi connectivity index (χ0n) is 11.9. The first-order valence-electron chi connectivity index (χ1n) is 6.73. The molecular formula is C16H18N2O2. The van der Waals surface area contributed by atoms with Crippen LogP contribution in [0.5, 0.6) is 0 Å². The summed E-state index contributed by atoms with van der Waals surface area (Å²) in [6, 6.07) is 5.85. The van der Waals surface area contributed by atoms with Crippen molar-refractivity contribution < 1.29 is 9.53 Å². The standard InChI is InChI=1S/C16H18N2O2/c1-16(2,3)20-15(19)13-7-6-11-8-10-18-14(11)12(13)5-4-9-17-18/h4,6-10,17H,5H2,1-3H3. The molecule has 3 rings (SSSR count). The number of benzene rings is 1. The summed E-state index contributed by atoms with van der Waals surface area (Å²) in [5, 5.41) is 1.11. The van der Waals surface area contributed by atoms with Gasteiger partial charge in [-0.25, -0.2) is 4.79 Å². The van der Waals surface area contributed by atoms with Crippen molar-refractivity contribution in [3.63, 3.8) is 0 Å². The highest BCUT2D eigenvalue weighted by Crippen LogP contribution is 2.27. The molecule has 104 valence electrons. The zero-order valence-corrected chi connectivity index (χ0v) is 11.9. The first-order valence-corrected chi connectivity index (χ1v) is 6.73. The normalized spacial score (nSPS) is 13.9. The molecule has 1 aromatic carbocycles. The number of nitrogens with one attached hydrogen (secondary N) is 1. The Morgan fingerprint density at radius 1 is 1.30 bits per heavy atom. The van der Waals surface area contributed by atoms with E-state index in [0.29, 0.717) is 12.0 Å². The summed E-state index contributed by atoms with van der Waals surface area (Å²) in [6.07, 6.45) is 6.57. The fourth-order valence-corrected chi connectivity index (χ4v) is 2.45. The first-order chi connectivity index (χ1) is 9.46. The lowest BCUT2D eigenvalue weighted by Gasteiger charge is -2.20. The number of rotatable bonds is 1. The van der Waals surface area contributed by atoms with Gasteiger partial charge in [0.15, 0.2) is 0 Å². The molecule has 0 bridgehead atoms. The highest BCUT2D eigenvalue weighted by Gasteiger charge is 2.22. The minimum absolute atomic E-state index is 0.266. The Kier molecular flexibility index (Phi) is 2.82. The Morgan fingerprint density at radius 3 is 2.85 bits per heavy atom. The number of nitrogens with zero attached hydrogens (tertiary/aromatic N) is 1. The molecule has 0 radical (unpaired) electrons. The van der Waals surface area contributed by atoms with Crippen LogP contribution in [0.15, 0.2) is 36.7 Å². The van der Waals surface area contributed by atoms with E-state index in [1.807, 2.05) is 62.1 Å². The van der Waals surface area contributed by atoms with Crippen LogP contribution in [0.1, 0.15) is 36.7 Å². The molecule has 1 aliphatic heterocycles. The molecule has 1 aliphatic rings. The van der Waals surface area contributed by atoms with Gasteiger partial charge in [-0.15, -0.1) is 0 Å².